The van der Waals surface area contributed by atoms with Crippen molar-refractivity contribution in [2.45, 2.75) is 58.4 Å². The average Bonchev–Trinajstić information content (AvgIpc) is 2.42. The Labute approximate surface area is 141 Å². The fourth-order valence-electron chi connectivity index (χ4n) is 2.95. The third-order valence-corrected chi connectivity index (χ3v) is 5.54. The molecular weight excluding hydrogens is 324 g/mol. The predicted molar refractivity (Wildman–Crippen MR) is 92.9 cm³/mol. The zero-order valence-electron chi connectivity index (χ0n) is 13.9. The van der Waals surface area contributed by atoms with Crippen LogP contribution in [0.2, 0.25) is 0 Å². The van der Waals surface area contributed by atoms with E-state index in [0.29, 0.717) is 12.5 Å². The van der Waals surface area contributed by atoms with Gasteiger partial charge in [-0.3, -0.25) is 4.79 Å². The summed E-state index contributed by atoms with van der Waals surface area (Å²) in [7, 11) is -3.07. The summed E-state index contributed by atoms with van der Waals surface area (Å²) in [6, 6.07) is -0.748. The van der Waals surface area contributed by atoms with E-state index in [4.69, 9.17) is 5.73 Å². The molecule has 1 atom stereocenters. The Morgan fingerprint density at radius 1 is 1.27 bits per heavy atom. The highest BCUT2D eigenvalue weighted by molar-refractivity contribution is 7.90. The fourth-order valence-corrected chi connectivity index (χ4v) is 3.63. The quantitative estimate of drug-likeness (QED) is 0.730. The number of halogens is 1. The van der Waals surface area contributed by atoms with Crippen molar-refractivity contribution in [3.05, 3.63) is 0 Å². The highest BCUT2D eigenvalue weighted by Gasteiger charge is 2.31. The van der Waals surface area contributed by atoms with Crippen LogP contribution in [0.5, 0.6) is 0 Å². The maximum absolute atomic E-state index is 12.0. The van der Waals surface area contributed by atoms with Crippen LogP contribution in [0.4, 0.5) is 0 Å². The third kappa shape index (κ3) is 7.79. The molecule has 132 valence electrons. The summed E-state index contributed by atoms with van der Waals surface area (Å²) in [5.74, 6) is 0.342. The van der Waals surface area contributed by atoms with Crippen molar-refractivity contribution in [3.8, 4) is 0 Å². The Hall–Kier alpha value is -0.330. The molecule has 1 aliphatic carbocycles. The molecule has 0 aliphatic heterocycles. The molecule has 1 amide bonds. The zero-order chi connectivity index (χ0) is 16.1. The van der Waals surface area contributed by atoms with E-state index < -0.39 is 15.9 Å². The first-order chi connectivity index (χ1) is 9.62. The number of nitrogens with two attached hydrogens (primary N) is 1. The minimum atomic E-state index is -3.07. The van der Waals surface area contributed by atoms with Crippen LogP contribution in [0.3, 0.4) is 0 Å². The monoisotopic (exact) mass is 354 g/mol. The maximum atomic E-state index is 12.0. The Balaban J connectivity index is 0.00000441. The number of carbonyl (C=O) groups excluding carboxylic acids is 1. The van der Waals surface area contributed by atoms with Gasteiger partial charge in [0.2, 0.25) is 5.91 Å². The molecule has 5 nitrogen and oxygen atoms in total. The van der Waals surface area contributed by atoms with Crippen molar-refractivity contribution in [1.82, 2.24) is 5.32 Å². The summed E-state index contributed by atoms with van der Waals surface area (Å²) in [5.41, 5.74) is 5.82. The van der Waals surface area contributed by atoms with Crippen LogP contribution < -0.4 is 11.1 Å². The number of hydrogen-bond acceptors (Lipinski definition) is 4. The zero-order valence-corrected chi connectivity index (χ0v) is 15.6. The molecule has 7 heteroatoms. The van der Waals surface area contributed by atoms with Crippen molar-refractivity contribution in [3.63, 3.8) is 0 Å². The maximum Gasteiger partial charge on any atom is 0.236 e. The van der Waals surface area contributed by atoms with E-state index in [9.17, 15) is 13.2 Å². The van der Waals surface area contributed by atoms with E-state index in [1.165, 1.54) is 32.1 Å². The molecule has 1 rings (SSSR count). The molecule has 0 spiro atoms. The van der Waals surface area contributed by atoms with Crippen LogP contribution in [0, 0.1) is 11.3 Å². The molecule has 1 unspecified atom stereocenters. The lowest BCUT2D eigenvalue weighted by Crippen LogP contribution is -2.46. The summed E-state index contributed by atoms with van der Waals surface area (Å²) < 4.78 is 22.2. The number of amides is 1. The minimum Gasteiger partial charge on any atom is -0.354 e. The van der Waals surface area contributed by atoms with Gasteiger partial charge >= 0.3 is 0 Å². The normalized spacial score (nSPS) is 18.4. The topological polar surface area (TPSA) is 89.3 Å². The molecule has 22 heavy (non-hydrogen) atoms. The number of carbonyl (C=O) groups is 1. The van der Waals surface area contributed by atoms with Gasteiger partial charge in [-0.05, 0) is 30.6 Å². The summed E-state index contributed by atoms with van der Waals surface area (Å²) in [6.07, 6.45) is 7.64. The smallest absolute Gasteiger partial charge is 0.236 e. The highest BCUT2D eigenvalue weighted by atomic mass is 35.5. The minimum absolute atomic E-state index is 0. The summed E-state index contributed by atoms with van der Waals surface area (Å²) in [5, 5.41) is 2.90. The van der Waals surface area contributed by atoms with E-state index in [1.54, 1.807) is 0 Å². The second-order valence-corrected chi connectivity index (χ2v) is 9.33. The van der Waals surface area contributed by atoms with Gasteiger partial charge in [-0.25, -0.2) is 8.42 Å². The Morgan fingerprint density at radius 2 is 1.82 bits per heavy atom. The van der Waals surface area contributed by atoms with Gasteiger partial charge in [0.05, 0.1) is 11.8 Å². The van der Waals surface area contributed by atoms with E-state index >= 15 is 0 Å². The molecule has 0 aromatic rings. The Bertz CT molecular complexity index is 446. The van der Waals surface area contributed by atoms with Gasteiger partial charge in [0.1, 0.15) is 9.84 Å². The van der Waals surface area contributed by atoms with Gasteiger partial charge in [0.25, 0.3) is 0 Å². The second-order valence-electron chi connectivity index (χ2n) is 7.07. The SMILES string of the molecule is CC(C)(CNC(=O)C(N)CCS(C)(=O)=O)C1CCCCC1.Cl. The van der Waals surface area contributed by atoms with E-state index in [-0.39, 0.29) is 35.9 Å². The molecule has 0 heterocycles. The van der Waals surface area contributed by atoms with Crippen molar-refractivity contribution < 1.29 is 13.2 Å². The van der Waals surface area contributed by atoms with Crippen LogP contribution in [-0.2, 0) is 14.6 Å². The summed E-state index contributed by atoms with van der Waals surface area (Å²) >= 11 is 0. The molecule has 0 aromatic carbocycles. The first-order valence-electron chi connectivity index (χ1n) is 7.83. The van der Waals surface area contributed by atoms with Gasteiger partial charge in [-0.2, -0.15) is 0 Å². The van der Waals surface area contributed by atoms with E-state index in [2.05, 4.69) is 19.2 Å². The highest BCUT2D eigenvalue weighted by Crippen LogP contribution is 2.37. The van der Waals surface area contributed by atoms with Gasteiger partial charge in [0, 0.05) is 12.8 Å². The van der Waals surface area contributed by atoms with Crippen molar-refractivity contribution in [2.75, 3.05) is 18.6 Å². The number of rotatable bonds is 7. The Morgan fingerprint density at radius 3 is 2.32 bits per heavy atom. The first kappa shape index (κ1) is 21.7. The molecule has 1 fully saturated rings. The van der Waals surface area contributed by atoms with Crippen LogP contribution in [-0.4, -0.2) is 38.9 Å². The van der Waals surface area contributed by atoms with Crippen molar-refractivity contribution >= 4 is 28.2 Å². The largest absolute Gasteiger partial charge is 0.354 e. The van der Waals surface area contributed by atoms with Crippen LogP contribution in [0.25, 0.3) is 0 Å². The molecule has 3 N–H and O–H groups in total. The molecular formula is C15H31ClN2O3S. The summed E-state index contributed by atoms with van der Waals surface area (Å²) in [6.45, 7) is 4.97. The number of hydrogen-bond donors (Lipinski definition) is 2. The molecule has 0 radical (unpaired) electrons. The number of sulfone groups is 1. The fraction of sp³-hybridized carbons (Fsp3) is 0.933. The Kier molecular flexibility index (Phi) is 8.95. The van der Waals surface area contributed by atoms with Crippen molar-refractivity contribution in [2.24, 2.45) is 17.1 Å². The average molecular weight is 355 g/mol. The van der Waals surface area contributed by atoms with E-state index in [1.807, 2.05) is 0 Å². The van der Waals surface area contributed by atoms with Gasteiger partial charge in [-0.15, -0.1) is 12.4 Å². The lowest BCUT2D eigenvalue weighted by Gasteiger charge is -2.37. The second kappa shape index (κ2) is 9.08. The third-order valence-electron chi connectivity index (χ3n) is 4.56. The standard InChI is InChI=1S/C15H30N2O3S.ClH/c1-15(2,12-7-5-4-6-8-12)11-17-14(18)13(16)9-10-21(3,19)20;/h12-13H,4-11,16H2,1-3H3,(H,17,18);1H. The van der Waals surface area contributed by atoms with Crippen LogP contribution >= 0.6 is 12.4 Å². The molecule has 0 saturated heterocycles. The lowest BCUT2D eigenvalue weighted by atomic mass is 9.71. The molecule has 0 bridgehead atoms. The van der Waals surface area contributed by atoms with E-state index in [0.717, 1.165) is 6.26 Å². The predicted octanol–water partition coefficient (Wildman–Crippen LogP) is 1.89. The number of nitrogens with one attached hydrogen (secondary N) is 1. The van der Waals surface area contributed by atoms with Gasteiger partial charge in [-0.1, -0.05) is 33.1 Å². The molecule has 1 aliphatic rings. The van der Waals surface area contributed by atoms with Crippen molar-refractivity contribution in [1.29, 1.82) is 0 Å². The summed E-state index contributed by atoms with van der Waals surface area (Å²) in [4.78, 5) is 12.0. The van der Waals surface area contributed by atoms with Gasteiger partial charge in [0.15, 0.2) is 0 Å². The molecule has 0 aromatic heterocycles. The van der Waals surface area contributed by atoms with Crippen LogP contribution in [0.1, 0.15) is 52.4 Å². The molecule has 1 saturated carbocycles. The first-order valence-corrected chi connectivity index (χ1v) is 9.89. The lowest BCUT2D eigenvalue weighted by molar-refractivity contribution is -0.123. The van der Waals surface area contributed by atoms with Gasteiger partial charge < -0.3 is 11.1 Å². The van der Waals surface area contributed by atoms with Crippen LogP contribution in [0.15, 0.2) is 0 Å².